The number of carbonyl (C=O) groups is 2. The third-order valence-corrected chi connectivity index (χ3v) is 5.11. The first-order chi connectivity index (χ1) is 13.5. The Kier molecular flexibility index (Phi) is 6.34. The van der Waals surface area contributed by atoms with E-state index in [4.69, 9.17) is 4.42 Å². The number of likely N-dealkylation sites (tertiary alicyclic amines) is 1. The maximum atomic E-state index is 12.7. The third-order valence-electron chi connectivity index (χ3n) is 5.11. The Morgan fingerprint density at radius 3 is 2.75 bits per heavy atom. The zero-order chi connectivity index (χ0) is 20.1. The van der Waals surface area contributed by atoms with Crippen LogP contribution in [0.25, 0.3) is 0 Å². The highest BCUT2D eigenvalue weighted by atomic mass is 16.4. The molecule has 1 aromatic carbocycles. The van der Waals surface area contributed by atoms with Gasteiger partial charge in [-0.25, -0.2) is 9.78 Å². The molecule has 0 unspecified atom stereocenters. The van der Waals surface area contributed by atoms with E-state index in [0.29, 0.717) is 23.3 Å². The second-order valence-electron chi connectivity index (χ2n) is 7.35. The van der Waals surface area contributed by atoms with Crippen molar-refractivity contribution in [2.75, 3.05) is 18.4 Å². The van der Waals surface area contributed by atoms with Crippen LogP contribution in [0.1, 0.15) is 54.4 Å². The molecular weight excluding hydrogens is 356 g/mol. The highest BCUT2D eigenvalue weighted by molar-refractivity contribution is 5.93. The number of rotatable bonds is 5. The molecule has 7 heteroatoms. The zero-order valence-corrected chi connectivity index (χ0v) is 16.7. The molecule has 0 aliphatic carbocycles. The first-order valence-electron chi connectivity index (χ1n) is 9.85. The summed E-state index contributed by atoms with van der Waals surface area (Å²) in [5.41, 5.74) is 2.22. The van der Waals surface area contributed by atoms with Crippen LogP contribution < -0.4 is 10.6 Å². The smallest absolute Gasteiger partial charge is 0.319 e. The summed E-state index contributed by atoms with van der Waals surface area (Å²) in [4.78, 5) is 30.9. The van der Waals surface area contributed by atoms with Crippen LogP contribution in [0.3, 0.4) is 0 Å². The molecule has 2 N–H and O–H groups in total. The van der Waals surface area contributed by atoms with E-state index >= 15 is 0 Å². The lowest BCUT2D eigenvalue weighted by Gasteiger charge is -2.29. The van der Waals surface area contributed by atoms with Gasteiger partial charge in [-0.1, -0.05) is 26.0 Å². The van der Waals surface area contributed by atoms with Gasteiger partial charge in [-0.3, -0.25) is 4.79 Å². The summed E-state index contributed by atoms with van der Waals surface area (Å²) in [6.45, 7) is 7.61. The van der Waals surface area contributed by atoms with Gasteiger partial charge in [-0.15, -0.1) is 0 Å². The first-order valence-corrected chi connectivity index (χ1v) is 9.85. The van der Waals surface area contributed by atoms with Crippen LogP contribution in [0, 0.1) is 12.8 Å². The average molecular weight is 384 g/mol. The molecule has 2 heterocycles. The highest BCUT2D eigenvalue weighted by Gasteiger charge is 2.26. The van der Waals surface area contributed by atoms with Crippen LogP contribution in [0.5, 0.6) is 0 Å². The second kappa shape index (κ2) is 8.91. The van der Waals surface area contributed by atoms with E-state index in [-0.39, 0.29) is 18.5 Å². The minimum atomic E-state index is -0.345. The van der Waals surface area contributed by atoms with Crippen LogP contribution in [-0.2, 0) is 13.0 Å². The number of nitrogens with one attached hydrogen (secondary N) is 2. The number of urea groups is 1. The summed E-state index contributed by atoms with van der Waals surface area (Å²) in [5, 5.41) is 5.51. The summed E-state index contributed by atoms with van der Waals surface area (Å²) in [6.07, 6.45) is 2.92. The second-order valence-corrected chi connectivity index (χ2v) is 7.35. The minimum Gasteiger partial charge on any atom is -0.443 e. The van der Waals surface area contributed by atoms with Gasteiger partial charge in [0.1, 0.15) is 5.76 Å². The number of hydrogen-bond donors (Lipinski definition) is 2. The fraction of sp³-hybridized carbons (Fsp3) is 0.476. The number of nitrogens with zero attached hydrogens (tertiary/aromatic N) is 2. The fourth-order valence-corrected chi connectivity index (χ4v) is 3.29. The van der Waals surface area contributed by atoms with Crippen molar-refractivity contribution in [3.63, 3.8) is 0 Å². The molecule has 0 spiro atoms. The molecule has 0 bridgehead atoms. The van der Waals surface area contributed by atoms with Crippen molar-refractivity contribution in [1.82, 2.24) is 15.2 Å². The Morgan fingerprint density at radius 1 is 1.29 bits per heavy atom. The number of oxazole rings is 1. The molecule has 0 saturated carbocycles. The van der Waals surface area contributed by atoms with Crippen LogP contribution in [0.15, 0.2) is 28.7 Å². The van der Waals surface area contributed by atoms with Gasteiger partial charge in [0.05, 0.1) is 6.54 Å². The summed E-state index contributed by atoms with van der Waals surface area (Å²) >= 11 is 0. The molecule has 1 fully saturated rings. The Hall–Kier alpha value is -2.83. The normalized spacial score (nSPS) is 14.8. The van der Waals surface area contributed by atoms with Gasteiger partial charge in [-0.2, -0.15) is 0 Å². The molecule has 1 saturated heterocycles. The largest absolute Gasteiger partial charge is 0.443 e. The monoisotopic (exact) mass is 384 g/mol. The van der Waals surface area contributed by atoms with E-state index in [9.17, 15) is 9.59 Å². The van der Waals surface area contributed by atoms with E-state index in [1.165, 1.54) is 0 Å². The maximum Gasteiger partial charge on any atom is 0.319 e. The number of aryl methyl sites for hydroxylation is 2. The number of aromatic nitrogens is 1. The summed E-state index contributed by atoms with van der Waals surface area (Å²) in [5.74, 6) is 1.36. The SMILES string of the molecule is CCc1cccc(NC(=O)NCc2nc(C(=O)N3CCC(C)CC3)c(C)o2)c1. The molecule has 150 valence electrons. The first kappa shape index (κ1) is 19.9. The van der Waals surface area contributed by atoms with E-state index < -0.39 is 0 Å². The molecule has 1 aliphatic rings. The van der Waals surface area contributed by atoms with E-state index in [0.717, 1.165) is 43.6 Å². The topological polar surface area (TPSA) is 87.5 Å². The molecule has 1 aromatic heterocycles. The zero-order valence-electron chi connectivity index (χ0n) is 16.7. The molecule has 0 atom stereocenters. The standard InChI is InChI=1S/C21H28N4O3/c1-4-16-6-5-7-17(12-16)23-21(27)22-13-18-24-19(15(3)28-18)20(26)25-10-8-14(2)9-11-25/h5-7,12,14H,4,8-11,13H2,1-3H3,(H2,22,23,27). The summed E-state index contributed by atoms with van der Waals surface area (Å²) in [6, 6.07) is 7.35. The third kappa shape index (κ3) is 4.91. The van der Waals surface area contributed by atoms with Crippen molar-refractivity contribution in [2.45, 2.75) is 46.6 Å². The number of piperidine rings is 1. The van der Waals surface area contributed by atoms with E-state index in [1.54, 1.807) is 6.92 Å². The van der Waals surface area contributed by atoms with Crippen LogP contribution in [-0.4, -0.2) is 34.9 Å². The number of benzene rings is 1. The number of carbonyl (C=O) groups excluding carboxylic acids is 2. The maximum absolute atomic E-state index is 12.7. The molecule has 2 aromatic rings. The molecule has 28 heavy (non-hydrogen) atoms. The van der Waals surface area contributed by atoms with Gasteiger partial charge >= 0.3 is 6.03 Å². The Morgan fingerprint density at radius 2 is 2.04 bits per heavy atom. The number of amides is 3. The lowest BCUT2D eigenvalue weighted by atomic mass is 9.99. The molecule has 1 aliphatic heterocycles. The lowest BCUT2D eigenvalue weighted by Crippen LogP contribution is -2.38. The predicted octanol–water partition coefficient (Wildman–Crippen LogP) is 3.74. The lowest BCUT2D eigenvalue weighted by molar-refractivity contribution is 0.0690. The van der Waals surface area contributed by atoms with Crippen LogP contribution in [0.2, 0.25) is 0 Å². The van der Waals surface area contributed by atoms with Crippen molar-refractivity contribution in [1.29, 1.82) is 0 Å². The van der Waals surface area contributed by atoms with Crippen molar-refractivity contribution < 1.29 is 14.0 Å². The average Bonchev–Trinajstić information content (AvgIpc) is 3.07. The Labute approximate surface area is 165 Å². The molecule has 7 nitrogen and oxygen atoms in total. The quantitative estimate of drug-likeness (QED) is 0.822. The number of hydrogen-bond acceptors (Lipinski definition) is 4. The van der Waals surface area contributed by atoms with Crippen molar-refractivity contribution in [3.8, 4) is 0 Å². The van der Waals surface area contributed by atoms with Crippen LogP contribution in [0.4, 0.5) is 10.5 Å². The fourth-order valence-electron chi connectivity index (χ4n) is 3.29. The van der Waals surface area contributed by atoms with Crippen molar-refractivity contribution in [2.24, 2.45) is 5.92 Å². The summed E-state index contributed by atoms with van der Waals surface area (Å²) < 4.78 is 5.58. The van der Waals surface area contributed by atoms with Gasteiger partial charge in [-0.05, 0) is 49.8 Å². The molecule has 3 rings (SSSR count). The van der Waals surface area contributed by atoms with Gasteiger partial charge in [0.25, 0.3) is 5.91 Å². The highest BCUT2D eigenvalue weighted by Crippen LogP contribution is 2.20. The minimum absolute atomic E-state index is 0.0970. The summed E-state index contributed by atoms with van der Waals surface area (Å²) in [7, 11) is 0. The molecule has 3 amide bonds. The van der Waals surface area contributed by atoms with Gasteiger partial charge < -0.3 is 20.0 Å². The van der Waals surface area contributed by atoms with Gasteiger partial charge in [0.15, 0.2) is 5.69 Å². The molecular formula is C21H28N4O3. The Bertz CT molecular complexity index is 838. The van der Waals surface area contributed by atoms with E-state index in [1.807, 2.05) is 29.2 Å². The van der Waals surface area contributed by atoms with Gasteiger partial charge in [0.2, 0.25) is 5.89 Å². The predicted molar refractivity (Wildman–Crippen MR) is 107 cm³/mol. The Balaban J connectivity index is 1.55. The molecule has 0 radical (unpaired) electrons. The number of anilines is 1. The van der Waals surface area contributed by atoms with Crippen LogP contribution >= 0.6 is 0 Å². The van der Waals surface area contributed by atoms with Crippen molar-refractivity contribution >= 4 is 17.6 Å². The van der Waals surface area contributed by atoms with Crippen molar-refractivity contribution in [3.05, 3.63) is 47.2 Å². The van der Waals surface area contributed by atoms with Gasteiger partial charge in [0, 0.05) is 18.8 Å². The van der Waals surface area contributed by atoms with E-state index in [2.05, 4.69) is 29.5 Å².